The van der Waals surface area contributed by atoms with E-state index in [0.717, 1.165) is 31.4 Å². The third kappa shape index (κ3) is 4.40. The fourth-order valence-corrected chi connectivity index (χ4v) is 3.05. The second-order valence-electron chi connectivity index (χ2n) is 5.04. The van der Waals surface area contributed by atoms with Crippen LogP contribution in [0.25, 0.3) is 0 Å². The molecular formula is C15H23ClN2OS. The molecule has 5 heteroatoms. The van der Waals surface area contributed by atoms with Crippen molar-refractivity contribution >= 4 is 30.1 Å². The molecule has 20 heavy (non-hydrogen) atoms. The van der Waals surface area contributed by atoms with Crippen molar-refractivity contribution in [3.63, 3.8) is 0 Å². The van der Waals surface area contributed by atoms with E-state index in [-0.39, 0.29) is 30.4 Å². The Hall–Kier alpha value is -0.710. The molecular weight excluding hydrogens is 292 g/mol. The predicted molar refractivity (Wildman–Crippen MR) is 88.5 cm³/mol. The van der Waals surface area contributed by atoms with E-state index in [2.05, 4.69) is 23.5 Å². The van der Waals surface area contributed by atoms with Crippen LogP contribution in [-0.2, 0) is 11.2 Å². The average molecular weight is 315 g/mol. The molecule has 0 aliphatic heterocycles. The van der Waals surface area contributed by atoms with Crippen molar-refractivity contribution in [3.05, 3.63) is 35.4 Å². The quantitative estimate of drug-likeness (QED) is 0.878. The molecule has 2 rings (SSSR count). The Labute approximate surface area is 131 Å². The third-order valence-electron chi connectivity index (χ3n) is 3.66. The Morgan fingerprint density at radius 1 is 1.50 bits per heavy atom. The van der Waals surface area contributed by atoms with Gasteiger partial charge in [0.15, 0.2) is 0 Å². The molecule has 2 atom stereocenters. The second-order valence-corrected chi connectivity index (χ2v) is 6.03. The van der Waals surface area contributed by atoms with Crippen LogP contribution < -0.4 is 11.1 Å². The number of amides is 1. The van der Waals surface area contributed by atoms with Gasteiger partial charge in [-0.1, -0.05) is 24.3 Å². The highest BCUT2D eigenvalue weighted by molar-refractivity contribution is 7.98. The van der Waals surface area contributed by atoms with E-state index >= 15 is 0 Å². The van der Waals surface area contributed by atoms with Crippen LogP contribution in [0.2, 0.25) is 0 Å². The number of fused-ring (bicyclic) bond motifs is 1. The van der Waals surface area contributed by atoms with Crippen molar-refractivity contribution in [2.24, 2.45) is 5.73 Å². The van der Waals surface area contributed by atoms with E-state index in [1.54, 1.807) is 11.8 Å². The first-order valence-corrected chi connectivity index (χ1v) is 8.24. The molecule has 1 amide bonds. The standard InChI is InChI=1S/C15H22N2OS.ClH/c1-19-10-9-13(16)15(18)17-14-8-4-6-11-5-2-3-7-12(11)14;/h2-3,5,7,13-14H,4,6,8-10,16H2,1H3,(H,17,18);1H/t13-,14?;/m0./s1. The van der Waals surface area contributed by atoms with Crippen molar-refractivity contribution in [1.82, 2.24) is 5.32 Å². The van der Waals surface area contributed by atoms with E-state index in [1.807, 2.05) is 12.3 Å². The minimum Gasteiger partial charge on any atom is -0.348 e. The van der Waals surface area contributed by atoms with Gasteiger partial charge in [-0.05, 0) is 48.8 Å². The Morgan fingerprint density at radius 2 is 2.25 bits per heavy atom. The van der Waals surface area contributed by atoms with Crippen LogP contribution in [0.5, 0.6) is 0 Å². The fourth-order valence-electron chi connectivity index (χ4n) is 2.56. The van der Waals surface area contributed by atoms with Crippen molar-refractivity contribution in [2.75, 3.05) is 12.0 Å². The van der Waals surface area contributed by atoms with Gasteiger partial charge in [0.1, 0.15) is 0 Å². The number of hydrogen-bond acceptors (Lipinski definition) is 3. The van der Waals surface area contributed by atoms with E-state index in [4.69, 9.17) is 5.73 Å². The summed E-state index contributed by atoms with van der Waals surface area (Å²) in [7, 11) is 0. The van der Waals surface area contributed by atoms with Gasteiger partial charge in [-0.15, -0.1) is 12.4 Å². The van der Waals surface area contributed by atoms with Crippen molar-refractivity contribution in [3.8, 4) is 0 Å². The molecule has 1 aromatic rings. The summed E-state index contributed by atoms with van der Waals surface area (Å²) in [5.74, 6) is 0.909. The van der Waals surface area contributed by atoms with Gasteiger partial charge in [0, 0.05) is 0 Å². The van der Waals surface area contributed by atoms with Gasteiger partial charge in [0.25, 0.3) is 0 Å². The summed E-state index contributed by atoms with van der Waals surface area (Å²) in [6.45, 7) is 0. The van der Waals surface area contributed by atoms with Crippen LogP contribution in [0, 0.1) is 0 Å². The molecule has 0 spiro atoms. The van der Waals surface area contributed by atoms with Gasteiger partial charge >= 0.3 is 0 Å². The number of thioether (sulfide) groups is 1. The average Bonchev–Trinajstić information content (AvgIpc) is 2.45. The number of hydrogen-bond donors (Lipinski definition) is 2. The number of rotatable bonds is 5. The van der Waals surface area contributed by atoms with Crippen LogP contribution in [0.3, 0.4) is 0 Å². The summed E-state index contributed by atoms with van der Waals surface area (Å²) in [4.78, 5) is 12.1. The van der Waals surface area contributed by atoms with Crippen LogP contribution in [0.4, 0.5) is 0 Å². The first-order valence-electron chi connectivity index (χ1n) is 6.85. The zero-order valence-electron chi connectivity index (χ0n) is 11.8. The number of benzene rings is 1. The summed E-state index contributed by atoms with van der Waals surface area (Å²) < 4.78 is 0. The summed E-state index contributed by atoms with van der Waals surface area (Å²) in [6, 6.07) is 8.12. The zero-order chi connectivity index (χ0) is 13.7. The molecule has 3 nitrogen and oxygen atoms in total. The zero-order valence-corrected chi connectivity index (χ0v) is 13.4. The molecule has 0 bridgehead atoms. The number of nitrogens with one attached hydrogen (secondary N) is 1. The summed E-state index contributed by atoms with van der Waals surface area (Å²) >= 11 is 1.72. The second kappa shape index (κ2) is 8.55. The topological polar surface area (TPSA) is 55.1 Å². The van der Waals surface area contributed by atoms with E-state index in [1.165, 1.54) is 11.1 Å². The van der Waals surface area contributed by atoms with Gasteiger partial charge in [-0.3, -0.25) is 4.79 Å². The van der Waals surface area contributed by atoms with Gasteiger partial charge in [0.2, 0.25) is 5.91 Å². The first kappa shape index (κ1) is 17.3. The van der Waals surface area contributed by atoms with Crippen LogP contribution in [0.1, 0.15) is 36.4 Å². The Balaban J connectivity index is 0.00000200. The highest BCUT2D eigenvalue weighted by Gasteiger charge is 2.23. The van der Waals surface area contributed by atoms with E-state index in [0.29, 0.717) is 0 Å². The van der Waals surface area contributed by atoms with E-state index in [9.17, 15) is 4.79 Å². The van der Waals surface area contributed by atoms with E-state index < -0.39 is 0 Å². The number of halogens is 1. The maximum Gasteiger partial charge on any atom is 0.237 e. The third-order valence-corrected chi connectivity index (χ3v) is 4.30. The fraction of sp³-hybridized carbons (Fsp3) is 0.533. The molecule has 1 aliphatic rings. The van der Waals surface area contributed by atoms with Crippen molar-refractivity contribution in [1.29, 1.82) is 0 Å². The number of aryl methyl sites for hydroxylation is 1. The highest BCUT2D eigenvalue weighted by atomic mass is 35.5. The molecule has 0 fully saturated rings. The van der Waals surface area contributed by atoms with Gasteiger partial charge in [0.05, 0.1) is 12.1 Å². The Morgan fingerprint density at radius 3 is 3.00 bits per heavy atom. The lowest BCUT2D eigenvalue weighted by molar-refractivity contribution is -0.123. The Bertz CT molecular complexity index is 442. The molecule has 0 saturated carbocycles. The summed E-state index contributed by atoms with van der Waals surface area (Å²) in [6.07, 6.45) is 6.02. The summed E-state index contributed by atoms with van der Waals surface area (Å²) in [5, 5.41) is 3.11. The molecule has 1 aliphatic carbocycles. The SMILES string of the molecule is CSCC[C@H](N)C(=O)NC1CCCc2ccccc21.Cl. The summed E-state index contributed by atoms with van der Waals surface area (Å²) in [5.41, 5.74) is 8.54. The predicted octanol–water partition coefficient (Wildman–Crippen LogP) is 2.68. The molecule has 3 N–H and O–H groups in total. The number of nitrogens with two attached hydrogens (primary N) is 1. The minimum absolute atomic E-state index is 0. The maximum atomic E-state index is 12.1. The van der Waals surface area contributed by atoms with Gasteiger partial charge < -0.3 is 11.1 Å². The number of carbonyl (C=O) groups excluding carboxylic acids is 1. The Kier molecular flexibility index (Phi) is 7.41. The number of carbonyl (C=O) groups is 1. The van der Waals surface area contributed by atoms with Crippen LogP contribution >= 0.6 is 24.2 Å². The lowest BCUT2D eigenvalue weighted by Crippen LogP contribution is -2.43. The van der Waals surface area contributed by atoms with Crippen molar-refractivity contribution < 1.29 is 4.79 Å². The lowest BCUT2D eigenvalue weighted by atomic mass is 9.87. The molecule has 0 saturated heterocycles. The normalized spacial score (nSPS) is 18.6. The highest BCUT2D eigenvalue weighted by Crippen LogP contribution is 2.29. The monoisotopic (exact) mass is 314 g/mol. The van der Waals surface area contributed by atoms with Crippen LogP contribution in [-0.4, -0.2) is 24.0 Å². The van der Waals surface area contributed by atoms with Crippen molar-refractivity contribution in [2.45, 2.75) is 37.8 Å². The molecule has 0 radical (unpaired) electrons. The molecule has 0 heterocycles. The molecule has 0 aromatic heterocycles. The first-order chi connectivity index (χ1) is 9.22. The van der Waals surface area contributed by atoms with Gasteiger partial charge in [-0.2, -0.15) is 11.8 Å². The minimum atomic E-state index is -0.387. The molecule has 112 valence electrons. The smallest absolute Gasteiger partial charge is 0.237 e. The lowest BCUT2D eigenvalue weighted by Gasteiger charge is -2.27. The largest absolute Gasteiger partial charge is 0.348 e. The van der Waals surface area contributed by atoms with Gasteiger partial charge in [-0.25, -0.2) is 0 Å². The molecule has 1 aromatic carbocycles. The van der Waals surface area contributed by atoms with Crippen LogP contribution in [0.15, 0.2) is 24.3 Å². The molecule has 1 unspecified atom stereocenters. The maximum absolute atomic E-state index is 12.1.